The zero-order chi connectivity index (χ0) is 18.1. The van der Waals surface area contributed by atoms with Crippen LogP contribution in [0.2, 0.25) is 0 Å². The van der Waals surface area contributed by atoms with E-state index in [1.807, 2.05) is 0 Å². The van der Waals surface area contributed by atoms with Crippen molar-refractivity contribution in [3.8, 4) is 5.75 Å². The predicted octanol–water partition coefficient (Wildman–Crippen LogP) is 1.25. The number of carbonyl (C=O) groups is 3. The van der Waals surface area contributed by atoms with Crippen LogP contribution in [0.3, 0.4) is 0 Å². The van der Waals surface area contributed by atoms with Crippen LogP contribution in [-0.4, -0.2) is 42.8 Å². The van der Waals surface area contributed by atoms with E-state index in [2.05, 4.69) is 11.3 Å². The fraction of sp³-hybridized carbons (Fsp3) is 0.353. The Hall–Kier alpha value is -2.67. The maximum atomic E-state index is 11.8. The normalized spacial score (nSPS) is 12.6. The first-order chi connectivity index (χ1) is 11.3. The largest absolute Gasteiger partial charge is 0.469 e. The number of para-hydroxylation sites is 1. The second-order valence-corrected chi connectivity index (χ2v) is 5.07. The Labute approximate surface area is 139 Å². The molecule has 2 atom stereocenters. The van der Waals surface area contributed by atoms with E-state index in [4.69, 9.17) is 9.47 Å². The number of aliphatic hydroxyl groups is 1. The van der Waals surface area contributed by atoms with Crippen LogP contribution in [0.15, 0.2) is 42.5 Å². The first-order valence-corrected chi connectivity index (χ1v) is 7.19. The Balaban J connectivity index is 2.64. The summed E-state index contributed by atoms with van der Waals surface area (Å²) in [5.41, 5.74) is 0.150. The van der Waals surface area contributed by atoms with Gasteiger partial charge in [-0.25, -0.2) is 4.79 Å². The van der Waals surface area contributed by atoms with Gasteiger partial charge >= 0.3 is 17.9 Å². The standard InChI is InChI=1S/C17H20O7/c1-11(2)16(20)23-10-13(17(21)22-3)14(18)9-15(19)24-12-7-5-4-6-8-12/h4-8,13-14,18H,1,9-10H2,2-3H3. The maximum absolute atomic E-state index is 11.8. The van der Waals surface area contributed by atoms with Gasteiger partial charge in [-0.05, 0) is 19.1 Å². The summed E-state index contributed by atoms with van der Waals surface area (Å²) >= 11 is 0. The van der Waals surface area contributed by atoms with Gasteiger partial charge in [-0.3, -0.25) is 9.59 Å². The number of hydrogen-bond donors (Lipinski definition) is 1. The summed E-state index contributed by atoms with van der Waals surface area (Å²) in [6.45, 7) is 4.43. The molecule has 0 bridgehead atoms. The fourth-order valence-corrected chi connectivity index (χ4v) is 1.75. The second-order valence-electron chi connectivity index (χ2n) is 5.07. The zero-order valence-corrected chi connectivity index (χ0v) is 13.6. The van der Waals surface area contributed by atoms with Crippen molar-refractivity contribution in [2.24, 2.45) is 5.92 Å². The highest BCUT2D eigenvalue weighted by molar-refractivity contribution is 5.87. The Bertz CT molecular complexity index is 594. The van der Waals surface area contributed by atoms with Crippen molar-refractivity contribution in [1.82, 2.24) is 0 Å². The average Bonchev–Trinajstić information content (AvgIpc) is 2.55. The molecule has 1 N–H and O–H groups in total. The average molecular weight is 336 g/mol. The highest BCUT2D eigenvalue weighted by Gasteiger charge is 2.31. The molecule has 7 nitrogen and oxygen atoms in total. The third-order valence-corrected chi connectivity index (χ3v) is 3.06. The minimum Gasteiger partial charge on any atom is -0.469 e. The number of hydrogen-bond acceptors (Lipinski definition) is 7. The van der Waals surface area contributed by atoms with Gasteiger partial charge in [0, 0.05) is 5.57 Å². The highest BCUT2D eigenvalue weighted by Crippen LogP contribution is 2.15. The van der Waals surface area contributed by atoms with Gasteiger partial charge in [0.25, 0.3) is 0 Å². The number of methoxy groups -OCH3 is 1. The topological polar surface area (TPSA) is 99.1 Å². The Morgan fingerprint density at radius 2 is 1.83 bits per heavy atom. The van der Waals surface area contributed by atoms with E-state index < -0.39 is 43.0 Å². The van der Waals surface area contributed by atoms with Gasteiger partial charge in [-0.2, -0.15) is 0 Å². The lowest BCUT2D eigenvalue weighted by atomic mass is 10.0. The summed E-state index contributed by atoms with van der Waals surface area (Å²) in [4.78, 5) is 35.0. The summed E-state index contributed by atoms with van der Waals surface area (Å²) in [6, 6.07) is 8.30. The van der Waals surface area contributed by atoms with Crippen molar-refractivity contribution >= 4 is 17.9 Å². The molecule has 130 valence electrons. The van der Waals surface area contributed by atoms with E-state index in [1.165, 1.54) is 6.92 Å². The van der Waals surface area contributed by atoms with E-state index in [9.17, 15) is 19.5 Å². The van der Waals surface area contributed by atoms with Crippen molar-refractivity contribution in [3.05, 3.63) is 42.5 Å². The van der Waals surface area contributed by atoms with Crippen molar-refractivity contribution < 1.29 is 33.7 Å². The molecule has 0 aliphatic heterocycles. The monoisotopic (exact) mass is 336 g/mol. The van der Waals surface area contributed by atoms with Gasteiger partial charge < -0.3 is 19.3 Å². The summed E-state index contributed by atoms with van der Waals surface area (Å²) in [5.74, 6) is -3.12. The quantitative estimate of drug-likeness (QED) is 0.433. The first kappa shape index (κ1) is 19.4. The number of aliphatic hydroxyl groups excluding tert-OH is 1. The molecule has 0 fully saturated rings. The van der Waals surface area contributed by atoms with Gasteiger partial charge in [0.05, 0.1) is 19.6 Å². The number of ether oxygens (including phenoxy) is 3. The lowest BCUT2D eigenvalue weighted by Crippen LogP contribution is -2.36. The van der Waals surface area contributed by atoms with Gasteiger partial charge in [-0.1, -0.05) is 24.8 Å². The molecular formula is C17H20O7. The molecule has 0 heterocycles. The molecule has 0 saturated carbocycles. The number of esters is 3. The van der Waals surface area contributed by atoms with E-state index in [1.54, 1.807) is 30.3 Å². The minimum absolute atomic E-state index is 0.150. The fourth-order valence-electron chi connectivity index (χ4n) is 1.75. The first-order valence-electron chi connectivity index (χ1n) is 7.19. The molecule has 24 heavy (non-hydrogen) atoms. The van der Waals surface area contributed by atoms with Crippen LogP contribution in [0.5, 0.6) is 5.75 Å². The van der Waals surface area contributed by atoms with Crippen molar-refractivity contribution in [2.45, 2.75) is 19.4 Å². The Kier molecular flexibility index (Phi) is 7.64. The second kappa shape index (κ2) is 9.46. The van der Waals surface area contributed by atoms with Crippen molar-refractivity contribution in [3.63, 3.8) is 0 Å². The van der Waals surface area contributed by atoms with Gasteiger partial charge in [0.15, 0.2) is 0 Å². The number of carbonyl (C=O) groups excluding carboxylic acids is 3. The molecule has 1 rings (SSSR count). The highest BCUT2D eigenvalue weighted by atomic mass is 16.6. The van der Waals surface area contributed by atoms with E-state index in [0.717, 1.165) is 7.11 Å². The van der Waals surface area contributed by atoms with Crippen LogP contribution in [-0.2, 0) is 23.9 Å². The lowest BCUT2D eigenvalue weighted by molar-refractivity contribution is -0.157. The molecular weight excluding hydrogens is 316 g/mol. The molecule has 1 aromatic carbocycles. The van der Waals surface area contributed by atoms with E-state index >= 15 is 0 Å². The third kappa shape index (κ3) is 6.21. The minimum atomic E-state index is -1.42. The Morgan fingerprint density at radius 1 is 1.21 bits per heavy atom. The third-order valence-electron chi connectivity index (χ3n) is 3.06. The Morgan fingerprint density at radius 3 is 2.38 bits per heavy atom. The maximum Gasteiger partial charge on any atom is 0.333 e. The zero-order valence-electron chi connectivity index (χ0n) is 13.6. The molecule has 0 aliphatic carbocycles. The van der Waals surface area contributed by atoms with E-state index in [0.29, 0.717) is 5.75 Å². The summed E-state index contributed by atoms with van der Waals surface area (Å²) < 4.78 is 14.5. The molecule has 7 heteroatoms. The van der Waals surface area contributed by atoms with Gasteiger partial charge in [-0.15, -0.1) is 0 Å². The van der Waals surface area contributed by atoms with E-state index in [-0.39, 0.29) is 5.57 Å². The van der Waals surface area contributed by atoms with Crippen LogP contribution >= 0.6 is 0 Å². The molecule has 0 spiro atoms. The molecule has 0 amide bonds. The molecule has 0 aliphatic rings. The molecule has 1 aromatic rings. The van der Waals surface area contributed by atoms with Crippen LogP contribution in [0.4, 0.5) is 0 Å². The molecule has 0 saturated heterocycles. The SMILES string of the molecule is C=C(C)C(=O)OCC(C(=O)OC)C(O)CC(=O)Oc1ccccc1. The number of benzene rings is 1. The summed E-state index contributed by atoms with van der Waals surface area (Å²) in [6.07, 6.45) is -1.88. The molecule has 0 aromatic heterocycles. The van der Waals surface area contributed by atoms with Crippen molar-refractivity contribution in [2.75, 3.05) is 13.7 Å². The van der Waals surface area contributed by atoms with Crippen molar-refractivity contribution in [1.29, 1.82) is 0 Å². The number of rotatable bonds is 8. The van der Waals surface area contributed by atoms with Crippen LogP contribution < -0.4 is 4.74 Å². The van der Waals surface area contributed by atoms with Gasteiger partial charge in [0.2, 0.25) is 0 Å². The molecule has 2 unspecified atom stereocenters. The van der Waals surface area contributed by atoms with Crippen LogP contribution in [0.25, 0.3) is 0 Å². The summed E-state index contributed by atoms with van der Waals surface area (Å²) in [5, 5.41) is 10.1. The smallest absolute Gasteiger partial charge is 0.333 e. The summed E-state index contributed by atoms with van der Waals surface area (Å²) in [7, 11) is 1.13. The van der Waals surface area contributed by atoms with Crippen LogP contribution in [0, 0.1) is 5.92 Å². The van der Waals surface area contributed by atoms with Crippen LogP contribution in [0.1, 0.15) is 13.3 Å². The van der Waals surface area contributed by atoms with Gasteiger partial charge in [0.1, 0.15) is 18.3 Å². The lowest BCUT2D eigenvalue weighted by Gasteiger charge is -2.20. The molecule has 0 radical (unpaired) electrons. The predicted molar refractivity (Wildman–Crippen MR) is 84.0 cm³/mol.